The van der Waals surface area contributed by atoms with Gasteiger partial charge in [-0.25, -0.2) is 5.01 Å². The zero-order valence-corrected chi connectivity index (χ0v) is 11.1. The van der Waals surface area contributed by atoms with Gasteiger partial charge < -0.3 is 4.74 Å². The first-order valence-corrected chi connectivity index (χ1v) is 7.60. The molecule has 0 radical (unpaired) electrons. The lowest BCUT2D eigenvalue weighted by Crippen LogP contribution is -2.63. The molecule has 0 spiro atoms. The lowest BCUT2D eigenvalue weighted by molar-refractivity contribution is -0.288. The SMILES string of the molecule is C1CN(C2CCN(N3CCCC3)N2C2CCO2)C1. The van der Waals surface area contributed by atoms with Crippen molar-refractivity contribution in [2.75, 3.05) is 39.3 Å². The van der Waals surface area contributed by atoms with E-state index >= 15 is 0 Å². The fraction of sp³-hybridized carbons (Fsp3) is 1.00. The summed E-state index contributed by atoms with van der Waals surface area (Å²) in [7, 11) is 0. The molecule has 4 rings (SSSR count). The molecule has 18 heavy (non-hydrogen) atoms. The summed E-state index contributed by atoms with van der Waals surface area (Å²) in [5.74, 6) is 0. The quantitative estimate of drug-likeness (QED) is 0.735. The van der Waals surface area contributed by atoms with Crippen LogP contribution in [0.3, 0.4) is 0 Å². The smallest absolute Gasteiger partial charge is 0.128 e. The molecular formula is C13H24N4O. The van der Waals surface area contributed by atoms with Gasteiger partial charge in [0.1, 0.15) is 6.23 Å². The van der Waals surface area contributed by atoms with Crippen LogP contribution in [-0.2, 0) is 4.74 Å². The summed E-state index contributed by atoms with van der Waals surface area (Å²) < 4.78 is 5.78. The van der Waals surface area contributed by atoms with Crippen LogP contribution in [0.2, 0.25) is 0 Å². The van der Waals surface area contributed by atoms with Crippen LogP contribution in [0, 0.1) is 0 Å². The van der Waals surface area contributed by atoms with Gasteiger partial charge in [-0.15, -0.1) is 0 Å². The van der Waals surface area contributed by atoms with E-state index in [4.69, 9.17) is 4.74 Å². The van der Waals surface area contributed by atoms with Crippen LogP contribution in [0.15, 0.2) is 0 Å². The van der Waals surface area contributed by atoms with E-state index in [2.05, 4.69) is 20.0 Å². The molecule has 0 aromatic heterocycles. The predicted octanol–water partition coefficient (Wildman–Crippen LogP) is 0.698. The van der Waals surface area contributed by atoms with Crippen molar-refractivity contribution in [1.29, 1.82) is 0 Å². The van der Waals surface area contributed by atoms with E-state index in [1.807, 2.05) is 0 Å². The van der Waals surface area contributed by atoms with Gasteiger partial charge in [0.05, 0.1) is 12.8 Å². The number of hydrogen-bond donors (Lipinski definition) is 0. The molecule has 4 heterocycles. The molecule has 0 aromatic rings. The van der Waals surface area contributed by atoms with E-state index in [1.165, 1.54) is 64.8 Å². The van der Waals surface area contributed by atoms with Crippen molar-refractivity contribution in [3.63, 3.8) is 0 Å². The fourth-order valence-electron chi connectivity index (χ4n) is 3.61. The van der Waals surface area contributed by atoms with Crippen LogP contribution in [0.5, 0.6) is 0 Å². The Bertz CT molecular complexity index is 299. The molecule has 0 amide bonds. The van der Waals surface area contributed by atoms with E-state index < -0.39 is 0 Å². The minimum atomic E-state index is 0.346. The number of hydrogen-bond acceptors (Lipinski definition) is 5. The van der Waals surface area contributed by atoms with E-state index in [1.54, 1.807) is 0 Å². The second-order valence-corrected chi connectivity index (χ2v) is 5.91. The third-order valence-corrected chi connectivity index (χ3v) is 4.85. The summed E-state index contributed by atoms with van der Waals surface area (Å²) in [4.78, 5) is 2.62. The summed E-state index contributed by atoms with van der Waals surface area (Å²) in [6.45, 7) is 7.15. The first-order valence-electron chi connectivity index (χ1n) is 7.60. The molecule has 4 aliphatic heterocycles. The van der Waals surface area contributed by atoms with E-state index in [9.17, 15) is 0 Å². The predicted molar refractivity (Wildman–Crippen MR) is 68.3 cm³/mol. The molecule has 4 fully saturated rings. The van der Waals surface area contributed by atoms with Crippen molar-refractivity contribution in [3.05, 3.63) is 0 Å². The maximum atomic E-state index is 5.78. The van der Waals surface area contributed by atoms with Crippen molar-refractivity contribution in [3.8, 4) is 0 Å². The van der Waals surface area contributed by atoms with Gasteiger partial charge in [0.15, 0.2) is 0 Å². The molecule has 5 heteroatoms. The molecule has 0 bridgehead atoms. The average molecular weight is 252 g/mol. The molecule has 0 saturated carbocycles. The van der Waals surface area contributed by atoms with Gasteiger partial charge in [-0.3, -0.25) is 4.90 Å². The second-order valence-electron chi connectivity index (χ2n) is 5.91. The molecule has 2 unspecified atom stereocenters. The van der Waals surface area contributed by atoms with E-state index in [0.717, 1.165) is 6.61 Å². The Balaban J connectivity index is 1.50. The standard InChI is InChI=1S/C13H24N4O/c1-2-9-15(8-1)16-10-4-12(14-6-3-7-14)17(16)13-5-11-18-13/h12-13H,1-11H2. The van der Waals surface area contributed by atoms with Crippen LogP contribution < -0.4 is 0 Å². The molecule has 102 valence electrons. The summed E-state index contributed by atoms with van der Waals surface area (Å²) in [5.41, 5.74) is 0. The van der Waals surface area contributed by atoms with Crippen LogP contribution in [-0.4, -0.2) is 71.8 Å². The lowest BCUT2D eigenvalue weighted by atomic mass is 10.1. The summed E-state index contributed by atoms with van der Waals surface area (Å²) in [5, 5.41) is 7.61. The van der Waals surface area contributed by atoms with Gasteiger partial charge in [-0.2, -0.15) is 10.1 Å². The van der Waals surface area contributed by atoms with Crippen molar-refractivity contribution in [2.24, 2.45) is 0 Å². The molecule has 0 N–H and O–H groups in total. The minimum absolute atomic E-state index is 0.346. The first kappa shape index (κ1) is 11.6. The number of rotatable bonds is 3. The Morgan fingerprint density at radius 1 is 0.833 bits per heavy atom. The molecule has 4 saturated heterocycles. The highest BCUT2D eigenvalue weighted by molar-refractivity contribution is 4.87. The van der Waals surface area contributed by atoms with Gasteiger partial charge in [0.2, 0.25) is 0 Å². The largest absolute Gasteiger partial charge is 0.361 e. The van der Waals surface area contributed by atoms with Crippen molar-refractivity contribution in [1.82, 2.24) is 20.0 Å². The van der Waals surface area contributed by atoms with E-state index in [-0.39, 0.29) is 0 Å². The fourth-order valence-corrected chi connectivity index (χ4v) is 3.61. The highest BCUT2D eigenvalue weighted by Gasteiger charge is 2.46. The van der Waals surface area contributed by atoms with Crippen molar-refractivity contribution < 1.29 is 4.74 Å². The van der Waals surface area contributed by atoms with Gasteiger partial charge >= 0.3 is 0 Å². The third kappa shape index (κ3) is 1.80. The van der Waals surface area contributed by atoms with Crippen molar-refractivity contribution in [2.45, 2.75) is 44.5 Å². The van der Waals surface area contributed by atoms with Crippen LogP contribution in [0.4, 0.5) is 0 Å². The molecule has 0 aliphatic carbocycles. The normalized spacial score (nSPS) is 40.0. The summed E-state index contributed by atoms with van der Waals surface area (Å²) in [6, 6.07) is 0. The first-order chi connectivity index (χ1) is 8.93. The zero-order valence-electron chi connectivity index (χ0n) is 11.1. The van der Waals surface area contributed by atoms with Gasteiger partial charge in [0.25, 0.3) is 0 Å². The second kappa shape index (κ2) is 4.72. The van der Waals surface area contributed by atoms with Gasteiger partial charge in [-0.1, -0.05) is 0 Å². The average Bonchev–Trinajstić information content (AvgIpc) is 2.83. The molecule has 4 aliphatic rings. The number of nitrogens with zero attached hydrogens (tertiary/aromatic N) is 4. The highest BCUT2D eigenvalue weighted by Crippen LogP contribution is 2.33. The summed E-state index contributed by atoms with van der Waals surface area (Å²) >= 11 is 0. The van der Waals surface area contributed by atoms with E-state index in [0.29, 0.717) is 12.4 Å². The maximum Gasteiger partial charge on any atom is 0.128 e. The monoisotopic (exact) mass is 252 g/mol. The van der Waals surface area contributed by atoms with Crippen molar-refractivity contribution >= 4 is 0 Å². The highest BCUT2D eigenvalue weighted by atomic mass is 16.5. The van der Waals surface area contributed by atoms with Gasteiger partial charge in [-0.05, 0) is 25.7 Å². The Morgan fingerprint density at radius 2 is 1.61 bits per heavy atom. The minimum Gasteiger partial charge on any atom is -0.361 e. The van der Waals surface area contributed by atoms with Crippen LogP contribution in [0.25, 0.3) is 0 Å². The molecular weight excluding hydrogens is 228 g/mol. The molecule has 2 atom stereocenters. The Morgan fingerprint density at radius 3 is 2.17 bits per heavy atom. The Labute approximate surface area is 109 Å². The summed E-state index contributed by atoms with van der Waals surface area (Å²) in [6.07, 6.45) is 7.50. The Kier molecular flexibility index (Phi) is 3.05. The number of likely N-dealkylation sites (tertiary alicyclic amines) is 1. The Hall–Kier alpha value is -0.200. The van der Waals surface area contributed by atoms with Crippen LogP contribution in [0.1, 0.15) is 32.1 Å². The zero-order chi connectivity index (χ0) is 11.9. The third-order valence-electron chi connectivity index (χ3n) is 4.85. The van der Waals surface area contributed by atoms with Crippen LogP contribution >= 0.6 is 0 Å². The molecule has 0 aromatic carbocycles. The van der Waals surface area contributed by atoms with Gasteiger partial charge in [0, 0.05) is 39.1 Å². The number of ether oxygens (including phenoxy) is 1. The number of hydrazine groups is 2. The lowest BCUT2D eigenvalue weighted by Gasteiger charge is -2.49. The maximum absolute atomic E-state index is 5.78. The topological polar surface area (TPSA) is 22.2 Å². The molecule has 5 nitrogen and oxygen atoms in total.